The van der Waals surface area contributed by atoms with Crippen LogP contribution in [0.1, 0.15) is 5.56 Å². The third kappa shape index (κ3) is 2.46. The minimum absolute atomic E-state index is 0.238. The second-order valence-electron chi connectivity index (χ2n) is 6.78. The molecule has 5 rings (SSSR count). The molecule has 2 aromatic carbocycles. The Kier molecular flexibility index (Phi) is 3.64. The van der Waals surface area contributed by atoms with E-state index >= 15 is 0 Å². The van der Waals surface area contributed by atoms with Gasteiger partial charge < -0.3 is 4.98 Å². The van der Waals surface area contributed by atoms with Crippen molar-refractivity contribution >= 4 is 32.0 Å². The average Bonchev–Trinajstić information content (AvgIpc) is 3.30. The monoisotopic (exact) mass is 387 g/mol. The van der Waals surface area contributed by atoms with Gasteiger partial charge in [0.2, 0.25) is 0 Å². The highest BCUT2D eigenvalue weighted by atomic mass is 32.2. The number of rotatable bonds is 3. The van der Waals surface area contributed by atoms with Crippen LogP contribution in [-0.4, -0.2) is 22.4 Å². The van der Waals surface area contributed by atoms with Crippen LogP contribution in [0.4, 0.5) is 0 Å². The summed E-state index contributed by atoms with van der Waals surface area (Å²) in [5.74, 6) is 0. The highest BCUT2D eigenvalue weighted by Crippen LogP contribution is 2.35. The van der Waals surface area contributed by atoms with Crippen molar-refractivity contribution in [1.29, 1.82) is 0 Å². The van der Waals surface area contributed by atoms with Gasteiger partial charge in [0.1, 0.15) is 0 Å². The summed E-state index contributed by atoms with van der Waals surface area (Å²) in [7, 11) is -3.82. The van der Waals surface area contributed by atoms with E-state index in [4.69, 9.17) is 0 Å². The lowest BCUT2D eigenvalue weighted by Crippen LogP contribution is -2.14. The Morgan fingerprint density at radius 2 is 1.75 bits per heavy atom. The standard InChI is InChI=1S/C22H17N3O2S/c1-15-8-10-17(11-9-15)28(26,27)25-21(13-16-5-4-12-23-22(16)25)19-14-24-20-7-3-2-6-18(19)20/h2-14,24H,1H3. The molecule has 0 atom stereocenters. The zero-order valence-electron chi connectivity index (χ0n) is 15.1. The first-order chi connectivity index (χ1) is 13.6. The van der Waals surface area contributed by atoms with Gasteiger partial charge in [-0.25, -0.2) is 17.4 Å². The zero-order valence-corrected chi connectivity index (χ0v) is 15.9. The van der Waals surface area contributed by atoms with E-state index in [0.717, 1.165) is 27.4 Å². The van der Waals surface area contributed by atoms with Crippen LogP contribution in [0.2, 0.25) is 0 Å². The van der Waals surface area contributed by atoms with Gasteiger partial charge in [-0.3, -0.25) is 0 Å². The van der Waals surface area contributed by atoms with Crippen molar-refractivity contribution in [3.8, 4) is 11.3 Å². The normalized spacial score (nSPS) is 12.0. The number of H-pyrrole nitrogens is 1. The number of hydrogen-bond donors (Lipinski definition) is 1. The third-order valence-corrected chi connectivity index (χ3v) is 6.66. The van der Waals surface area contributed by atoms with E-state index in [9.17, 15) is 8.42 Å². The molecule has 5 nitrogen and oxygen atoms in total. The van der Waals surface area contributed by atoms with E-state index < -0.39 is 10.0 Å². The predicted molar refractivity (Wildman–Crippen MR) is 111 cm³/mol. The van der Waals surface area contributed by atoms with Gasteiger partial charge in [0.25, 0.3) is 10.0 Å². The van der Waals surface area contributed by atoms with Crippen LogP contribution in [-0.2, 0) is 10.0 Å². The van der Waals surface area contributed by atoms with Crippen molar-refractivity contribution in [2.24, 2.45) is 0 Å². The number of fused-ring (bicyclic) bond motifs is 2. The predicted octanol–water partition coefficient (Wildman–Crippen LogP) is 4.73. The maximum atomic E-state index is 13.6. The Labute approximate surface area is 162 Å². The lowest BCUT2D eigenvalue weighted by Gasteiger charge is -2.11. The molecule has 138 valence electrons. The molecule has 0 unspecified atom stereocenters. The Morgan fingerprint density at radius 3 is 2.57 bits per heavy atom. The SMILES string of the molecule is Cc1ccc(S(=O)(=O)n2c(-c3c[nH]c4ccccc34)cc3cccnc32)cc1. The fourth-order valence-corrected chi connectivity index (χ4v) is 5.02. The molecule has 0 saturated heterocycles. The number of pyridine rings is 1. The molecule has 0 aliphatic heterocycles. The maximum Gasteiger partial charge on any atom is 0.269 e. The Balaban J connectivity index is 1.86. The number of aryl methyl sites for hydroxylation is 1. The second-order valence-corrected chi connectivity index (χ2v) is 8.56. The molecular weight excluding hydrogens is 370 g/mol. The Bertz CT molecular complexity index is 1430. The molecule has 0 amide bonds. The Morgan fingerprint density at radius 1 is 0.964 bits per heavy atom. The summed E-state index contributed by atoms with van der Waals surface area (Å²) < 4.78 is 28.5. The number of aromatic nitrogens is 3. The highest BCUT2D eigenvalue weighted by Gasteiger charge is 2.25. The average molecular weight is 387 g/mol. The van der Waals surface area contributed by atoms with E-state index in [2.05, 4.69) is 9.97 Å². The molecule has 0 aliphatic rings. The van der Waals surface area contributed by atoms with Crippen molar-refractivity contribution in [1.82, 2.24) is 13.9 Å². The van der Waals surface area contributed by atoms with Gasteiger partial charge in [-0.1, -0.05) is 35.9 Å². The first kappa shape index (κ1) is 16.8. The molecule has 0 fully saturated rings. The number of nitrogens with zero attached hydrogens (tertiary/aromatic N) is 2. The lowest BCUT2D eigenvalue weighted by molar-refractivity contribution is 0.589. The molecule has 5 aromatic rings. The van der Waals surface area contributed by atoms with E-state index in [1.807, 2.05) is 55.6 Å². The van der Waals surface area contributed by atoms with Crippen LogP contribution in [0, 0.1) is 6.92 Å². The smallest absolute Gasteiger partial charge is 0.269 e. The minimum Gasteiger partial charge on any atom is -0.360 e. The van der Waals surface area contributed by atoms with Crippen LogP contribution >= 0.6 is 0 Å². The van der Waals surface area contributed by atoms with Crippen molar-refractivity contribution in [3.05, 3.63) is 84.7 Å². The zero-order chi connectivity index (χ0) is 19.3. The molecule has 0 bridgehead atoms. The quantitative estimate of drug-likeness (QED) is 0.487. The number of hydrogen-bond acceptors (Lipinski definition) is 3. The van der Waals surface area contributed by atoms with Crippen molar-refractivity contribution in [2.75, 3.05) is 0 Å². The third-order valence-electron chi connectivity index (χ3n) is 4.94. The number of para-hydroxylation sites is 1. The molecular formula is C22H17N3O2S. The fourth-order valence-electron chi connectivity index (χ4n) is 3.54. The van der Waals surface area contributed by atoms with E-state index in [-0.39, 0.29) is 4.90 Å². The summed E-state index contributed by atoms with van der Waals surface area (Å²) in [6.45, 7) is 1.93. The topological polar surface area (TPSA) is 67.8 Å². The first-order valence-electron chi connectivity index (χ1n) is 8.91. The van der Waals surface area contributed by atoms with Crippen LogP contribution < -0.4 is 0 Å². The van der Waals surface area contributed by atoms with Crippen molar-refractivity contribution in [3.63, 3.8) is 0 Å². The van der Waals surface area contributed by atoms with Gasteiger partial charge in [-0.05, 0) is 43.3 Å². The summed E-state index contributed by atoms with van der Waals surface area (Å²) in [4.78, 5) is 7.84. The fraction of sp³-hybridized carbons (Fsp3) is 0.0455. The number of benzene rings is 2. The lowest BCUT2D eigenvalue weighted by atomic mass is 10.1. The molecule has 3 aromatic heterocycles. The molecule has 0 radical (unpaired) electrons. The molecule has 6 heteroatoms. The summed E-state index contributed by atoms with van der Waals surface area (Å²) in [5.41, 5.74) is 3.79. The van der Waals surface area contributed by atoms with Crippen LogP contribution in [0.3, 0.4) is 0 Å². The van der Waals surface area contributed by atoms with E-state index in [1.54, 1.807) is 30.5 Å². The van der Waals surface area contributed by atoms with E-state index in [1.165, 1.54) is 3.97 Å². The summed E-state index contributed by atoms with van der Waals surface area (Å²) in [6, 6.07) is 20.3. The van der Waals surface area contributed by atoms with Crippen LogP contribution in [0.5, 0.6) is 0 Å². The van der Waals surface area contributed by atoms with Gasteiger partial charge in [0.15, 0.2) is 5.65 Å². The maximum absolute atomic E-state index is 13.6. The van der Waals surface area contributed by atoms with Crippen LogP contribution in [0.25, 0.3) is 33.2 Å². The second kappa shape index (κ2) is 6.07. The molecule has 28 heavy (non-hydrogen) atoms. The van der Waals surface area contributed by atoms with Crippen molar-refractivity contribution < 1.29 is 8.42 Å². The van der Waals surface area contributed by atoms with Gasteiger partial charge >= 0.3 is 0 Å². The largest absolute Gasteiger partial charge is 0.360 e. The molecule has 0 spiro atoms. The minimum atomic E-state index is -3.82. The summed E-state index contributed by atoms with van der Waals surface area (Å²) in [6.07, 6.45) is 3.46. The van der Waals surface area contributed by atoms with Gasteiger partial charge in [0, 0.05) is 34.2 Å². The summed E-state index contributed by atoms with van der Waals surface area (Å²) >= 11 is 0. The van der Waals surface area contributed by atoms with Crippen LogP contribution in [0.15, 0.2) is 84.0 Å². The summed E-state index contributed by atoms with van der Waals surface area (Å²) in [5, 5.41) is 1.74. The van der Waals surface area contributed by atoms with Crippen molar-refractivity contribution in [2.45, 2.75) is 11.8 Å². The highest BCUT2D eigenvalue weighted by molar-refractivity contribution is 7.90. The molecule has 0 saturated carbocycles. The number of aromatic amines is 1. The van der Waals surface area contributed by atoms with E-state index in [0.29, 0.717) is 11.3 Å². The molecule has 1 N–H and O–H groups in total. The molecule has 3 heterocycles. The number of nitrogens with one attached hydrogen (secondary N) is 1. The Hall–Kier alpha value is -3.38. The van der Waals surface area contributed by atoms with Gasteiger partial charge in [0.05, 0.1) is 10.6 Å². The van der Waals surface area contributed by atoms with Gasteiger partial charge in [-0.2, -0.15) is 0 Å². The first-order valence-corrected chi connectivity index (χ1v) is 10.3. The molecule has 0 aliphatic carbocycles. The van der Waals surface area contributed by atoms with Gasteiger partial charge in [-0.15, -0.1) is 0 Å².